The number of hydrogen-bond acceptors (Lipinski definition) is 3. The molecule has 0 aromatic carbocycles. The Bertz CT molecular complexity index is 395. The summed E-state index contributed by atoms with van der Waals surface area (Å²) >= 11 is 5.20. The molecule has 3 nitrogen and oxygen atoms in total. The standard InChI is InChI=1S/C10H12BrN3S/c1-7-13-5-8(14-7)4-12-6-9-2-3-10(11)15-9/h2-3,5,12H,4,6H2,1H3,(H,13,14). The molecule has 0 aliphatic carbocycles. The first-order valence-corrected chi connectivity index (χ1v) is 6.30. The van der Waals surface area contributed by atoms with Gasteiger partial charge in [-0.05, 0) is 35.0 Å². The van der Waals surface area contributed by atoms with Crippen molar-refractivity contribution in [3.63, 3.8) is 0 Å². The average Bonchev–Trinajstić information content (AvgIpc) is 2.76. The van der Waals surface area contributed by atoms with E-state index in [0.717, 1.165) is 24.6 Å². The second-order valence-corrected chi connectivity index (χ2v) is 5.85. The molecule has 0 spiro atoms. The Kier molecular flexibility index (Phi) is 3.56. The average molecular weight is 286 g/mol. The van der Waals surface area contributed by atoms with Crippen molar-refractivity contribution in [2.24, 2.45) is 0 Å². The predicted octanol–water partition coefficient (Wildman–Crippen LogP) is 2.83. The van der Waals surface area contributed by atoms with Crippen LogP contribution in [0.3, 0.4) is 0 Å². The number of halogens is 1. The maximum atomic E-state index is 4.15. The molecule has 0 saturated heterocycles. The summed E-state index contributed by atoms with van der Waals surface area (Å²) in [6.07, 6.45) is 1.87. The summed E-state index contributed by atoms with van der Waals surface area (Å²) in [5.41, 5.74) is 1.13. The molecule has 0 unspecified atom stereocenters. The second-order valence-electron chi connectivity index (χ2n) is 3.30. The molecule has 15 heavy (non-hydrogen) atoms. The molecule has 0 aliphatic rings. The topological polar surface area (TPSA) is 40.7 Å². The minimum absolute atomic E-state index is 0.830. The molecule has 0 fully saturated rings. The van der Waals surface area contributed by atoms with Gasteiger partial charge in [-0.1, -0.05) is 0 Å². The lowest BCUT2D eigenvalue weighted by molar-refractivity contribution is 0.688. The molecule has 2 N–H and O–H groups in total. The number of aromatic amines is 1. The molecule has 2 rings (SSSR count). The van der Waals surface area contributed by atoms with Gasteiger partial charge < -0.3 is 10.3 Å². The summed E-state index contributed by atoms with van der Waals surface area (Å²) < 4.78 is 1.18. The molecule has 2 aromatic rings. The Morgan fingerprint density at radius 3 is 2.93 bits per heavy atom. The summed E-state index contributed by atoms with van der Waals surface area (Å²) in [6, 6.07) is 4.20. The fourth-order valence-electron chi connectivity index (χ4n) is 1.33. The first-order chi connectivity index (χ1) is 7.24. The summed E-state index contributed by atoms with van der Waals surface area (Å²) in [7, 11) is 0. The van der Waals surface area contributed by atoms with E-state index in [-0.39, 0.29) is 0 Å². The molecule has 2 heterocycles. The van der Waals surface area contributed by atoms with Crippen LogP contribution in [0, 0.1) is 6.92 Å². The lowest BCUT2D eigenvalue weighted by atomic mass is 10.4. The fourth-order valence-corrected chi connectivity index (χ4v) is 2.78. The van der Waals surface area contributed by atoms with Gasteiger partial charge in [-0.15, -0.1) is 11.3 Å². The van der Waals surface area contributed by atoms with Gasteiger partial charge in [0.2, 0.25) is 0 Å². The lowest BCUT2D eigenvalue weighted by Crippen LogP contribution is -2.11. The monoisotopic (exact) mass is 285 g/mol. The highest BCUT2D eigenvalue weighted by atomic mass is 79.9. The smallest absolute Gasteiger partial charge is 0.103 e. The molecular weight excluding hydrogens is 274 g/mol. The van der Waals surface area contributed by atoms with Crippen LogP contribution in [-0.2, 0) is 13.1 Å². The van der Waals surface area contributed by atoms with E-state index in [1.807, 2.05) is 13.1 Å². The van der Waals surface area contributed by atoms with Crippen LogP contribution >= 0.6 is 27.3 Å². The van der Waals surface area contributed by atoms with E-state index in [0.29, 0.717) is 0 Å². The third kappa shape index (κ3) is 3.15. The Labute approximate surface area is 101 Å². The second kappa shape index (κ2) is 4.92. The lowest BCUT2D eigenvalue weighted by Gasteiger charge is -1.99. The van der Waals surface area contributed by atoms with Gasteiger partial charge in [0.25, 0.3) is 0 Å². The Balaban J connectivity index is 1.80. The van der Waals surface area contributed by atoms with Gasteiger partial charge in [0.15, 0.2) is 0 Å². The van der Waals surface area contributed by atoms with Crippen molar-refractivity contribution in [3.8, 4) is 0 Å². The molecule has 0 atom stereocenters. The quantitative estimate of drug-likeness (QED) is 0.907. The number of thiophene rings is 1. The zero-order valence-corrected chi connectivity index (χ0v) is 10.8. The zero-order valence-electron chi connectivity index (χ0n) is 8.38. The van der Waals surface area contributed by atoms with E-state index >= 15 is 0 Å². The minimum Gasteiger partial charge on any atom is -0.345 e. The molecular formula is C10H12BrN3S. The van der Waals surface area contributed by atoms with Gasteiger partial charge >= 0.3 is 0 Å². The van der Waals surface area contributed by atoms with Crippen LogP contribution in [0.5, 0.6) is 0 Å². The van der Waals surface area contributed by atoms with Crippen molar-refractivity contribution < 1.29 is 0 Å². The predicted molar refractivity (Wildman–Crippen MR) is 65.9 cm³/mol. The zero-order chi connectivity index (χ0) is 10.7. The summed E-state index contributed by atoms with van der Waals surface area (Å²) in [4.78, 5) is 8.67. The Hall–Kier alpha value is -0.650. The summed E-state index contributed by atoms with van der Waals surface area (Å²) in [5, 5.41) is 3.36. The summed E-state index contributed by atoms with van der Waals surface area (Å²) in [5.74, 6) is 0.964. The SMILES string of the molecule is Cc1ncc(CNCc2ccc(Br)s2)[nH]1. The van der Waals surface area contributed by atoms with Crippen molar-refractivity contribution in [1.29, 1.82) is 0 Å². The van der Waals surface area contributed by atoms with Crippen molar-refractivity contribution >= 4 is 27.3 Å². The van der Waals surface area contributed by atoms with Crippen molar-refractivity contribution in [3.05, 3.63) is 38.5 Å². The molecule has 2 aromatic heterocycles. The number of aryl methyl sites for hydroxylation is 1. The number of aromatic nitrogens is 2. The van der Waals surface area contributed by atoms with Crippen molar-refractivity contribution in [2.45, 2.75) is 20.0 Å². The highest BCUT2D eigenvalue weighted by Gasteiger charge is 1.99. The van der Waals surface area contributed by atoms with E-state index in [1.54, 1.807) is 11.3 Å². The first-order valence-electron chi connectivity index (χ1n) is 4.69. The molecule has 0 aliphatic heterocycles. The first kappa shape index (κ1) is 10.9. The highest BCUT2D eigenvalue weighted by Crippen LogP contribution is 2.21. The van der Waals surface area contributed by atoms with E-state index in [4.69, 9.17) is 0 Å². The number of nitrogens with zero attached hydrogens (tertiary/aromatic N) is 1. The number of H-pyrrole nitrogens is 1. The third-order valence-electron chi connectivity index (χ3n) is 2.00. The molecule has 0 radical (unpaired) electrons. The van der Waals surface area contributed by atoms with E-state index in [9.17, 15) is 0 Å². The number of hydrogen-bond donors (Lipinski definition) is 2. The molecule has 80 valence electrons. The maximum Gasteiger partial charge on any atom is 0.103 e. The van der Waals surface area contributed by atoms with E-state index in [1.165, 1.54) is 8.66 Å². The Morgan fingerprint density at radius 1 is 1.47 bits per heavy atom. The Morgan fingerprint density at radius 2 is 2.33 bits per heavy atom. The van der Waals surface area contributed by atoms with Crippen LogP contribution in [0.25, 0.3) is 0 Å². The maximum absolute atomic E-state index is 4.15. The number of imidazole rings is 1. The van der Waals surface area contributed by atoms with Gasteiger partial charge in [0, 0.05) is 29.9 Å². The van der Waals surface area contributed by atoms with Gasteiger partial charge in [-0.2, -0.15) is 0 Å². The normalized spacial score (nSPS) is 10.8. The van der Waals surface area contributed by atoms with Crippen LogP contribution < -0.4 is 5.32 Å². The van der Waals surface area contributed by atoms with Gasteiger partial charge in [0.1, 0.15) is 5.82 Å². The third-order valence-corrected chi connectivity index (χ3v) is 3.62. The minimum atomic E-state index is 0.830. The van der Waals surface area contributed by atoms with Crippen LogP contribution in [0.2, 0.25) is 0 Å². The van der Waals surface area contributed by atoms with E-state index < -0.39 is 0 Å². The van der Waals surface area contributed by atoms with Gasteiger partial charge in [0.05, 0.1) is 3.79 Å². The summed E-state index contributed by atoms with van der Waals surface area (Å²) in [6.45, 7) is 3.69. The molecule has 0 bridgehead atoms. The molecule has 5 heteroatoms. The fraction of sp³-hybridized carbons (Fsp3) is 0.300. The number of rotatable bonds is 4. The van der Waals surface area contributed by atoms with Crippen LogP contribution in [0.15, 0.2) is 22.1 Å². The van der Waals surface area contributed by atoms with E-state index in [2.05, 4.69) is 43.3 Å². The molecule has 0 amide bonds. The van der Waals surface area contributed by atoms with Crippen molar-refractivity contribution in [1.82, 2.24) is 15.3 Å². The number of nitrogens with one attached hydrogen (secondary N) is 2. The van der Waals surface area contributed by atoms with Crippen LogP contribution in [0.4, 0.5) is 0 Å². The van der Waals surface area contributed by atoms with Gasteiger partial charge in [-0.3, -0.25) is 0 Å². The van der Waals surface area contributed by atoms with Crippen molar-refractivity contribution in [2.75, 3.05) is 0 Å². The highest BCUT2D eigenvalue weighted by molar-refractivity contribution is 9.11. The molecule has 0 saturated carbocycles. The van der Waals surface area contributed by atoms with Crippen LogP contribution in [0.1, 0.15) is 16.4 Å². The van der Waals surface area contributed by atoms with Gasteiger partial charge in [-0.25, -0.2) is 4.98 Å². The largest absolute Gasteiger partial charge is 0.345 e. The van der Waals surface area contributed by atoms with Crippen LogP contribution in [-0.4, -0.2) is 9.97 Å².